The Balaban J connectivity index is 2.02. The fraction of sp³-hybridized carbons (Fsp3) is 0.0769. The molecule has 0 saturated carbocycles. The molecule has 0 bridgehead atoms. The van der Waals surface area contributed by atoms with Crippen molar-refractivity contribution in [3.05, 3.63) is 52.6 Å². The van der Waals surface area contributed by atoms with E-state index in [-0.39, 0.29) is 5.56 Å². The van der Waals surface area contributed by atoms with Gasteiger partial charge < -0.3 is 4.98 Å². The number of fused-ring (bicyclic) bond motifs is 1. The first kappa shape index (κ1) is 11.3. The van der Waals surface area contributed by atoms with Gasteiger partial charge in [0.25, 0.3) is 5.56 Å². The summed E-state index contributed by atoms with van der Waals surface area (Å²) in [6, 6.07) is 1.65. The van der Waals surface area contributed by atoms with Crippen LogP contribution in [-0.4, -0.2) is 24.7 Å². The maximum absolute atomic E-state index is 11.8. The van der Waals surface area contributed by atoms with Crippen LogP contribution >= 0.6 is 0 Å². The molecule has 94 valence electrons. The number of pyridine rings is 1. The Bertz CT molecular complexity index is 815. The van der Waals surface area contributed by atoms with E-state index in [9.17, 15) is 4.79 Å². The molecule has 3 rings (SSSR count). The first-order valence-corrected chi connectivity index (χ1v) is 5.73. The second-order valence-electron chi connectivity index (χ2n) is 4.12. The molecule has 0 atom stereocenters. The summed E-state index contributed by atoms with van der Waals surface area (Å²) in [5.41, 5.74) is 1.35. The zero-order valence-electron chi connectivity index (χ0n) is 10.2. The number of H-pyrrole nitrogens is 1. The highest BCUT2D eigenvalue weighted by molar-refractivity contribution is 5.77. The van der Waals surface area contributed by atoms with Crippen LogP contribution < -0.4 is 5.56 Å². The second kappa shape index (κ2) is 4.49. The van der Waals surface area contributed by atoms with E-state index in [2.05, 4.69) is 20.1 Å². The van der Waals surface area contributed by atoms with Crippen molar-refractivity contribution in [3.63, 3.8) is 0 Å². The van der Waals surface area contributed by atoms with E-state index in [1.54, 1.807) is 35.4 Å². The summed E-state index contributed by atoms with van der Waals surface area (Å²) in [7, 11) is 1.85. The summed E-state index contributed by atoms with van der Waals surface area (Å²) in [4.78, 5) is 22.9. The minimum absolute atomic E-state index is 0.168. The van der Waals surface area contributed by atoms with E-state index < -0.39 is 0 Å². The molecule has 3 aromatic heterocycles. The van der Waals surface area contributed by atoms with Gasteiger partial charge in [0.2, 0.25) is 0 Å². The van der Waals surface area contributed by atoms with Gasteiger partial charge in [-0.2, -0.15) is 5.10 Å². The summed E-state index contributed by atoms with van der Waals surface area (Å²) >= 11 is 0. The van der Waals surface area contributed by atoms with Crippen LogP contribution in [-0.2, 0) is 7.05 Å². The number of hydrogen-bond donors (Lipinski definition) is 1. The Hall–Kier alpha value is -2.76. The molecule has 0 saturated heterocycles. The van der Waals surface area contributed by atoms with E-state index in [0.29, 0.717) is 16.7 Å². The van der Waals surface area contributed by atoms with Gasteiger partial charge >= 0.3 is 0 Å². The Kier molecular flexibility index (Phi) is 2.68. The fourth-order valence-electron chi connectivity index (χ4n) is 1.79. The van der Waals surface area contributed by atoms with E-state index >= 15 is 0 Å². The third kappa shape index (κ3) is 2.28. The number of nitrogens with one attached hydrogen (secondary N) is 1. The van der Waals surface area contributed by atoms with Gasteiger partial charge in [0.05, 0.1) is 23.3 Å². The van der Waals surface area contributed by atoms with Gasteiger partial charge in [-0.15, -0.1) is 0 Å². The van der Waals surface area contributed by atoms with Crippen molar-refractivity contribution >= 4 is 23.1 Å². The predicted octanol–water partition coefficient (Wildman–Crippen LogP) is 1.22. The molecule has 6 nitrogen and oxygen atoms in total. The third-order valence-corrected chi connectivity index (χ3v) is 2.69. The van der Waals surface area contributed by atoms with Crippen LogP contribution in [0.3, 0.4) is 0 Å². The van der Waals surface area contributed by atoms with Gasteiger partial charge in [0, 0.05) is 25.0 Å². The molecule has 0 spiro atoms. The van der Waals surface area contributed by atoms with Crippen LogP contribution in [0.15, 0.2) is 35.6 Å². The molecular formula is C13H11N5O. The minimum atomic E-state index is -0.168. The van der Waals surface area contributed by atoms with Crippen LogP contribution in [0, 0.1) is 0 Å². The number of hydrogen-bond acceptors (Lipinski definition) is 4. The summed E-state index contributed by atoms with van der Waals surface area (Å²) in [6.45, 7) is 0. The van der Waals surface area contributed by atoms with Crippen LogP contribution in [0.1, 0.15) is 11.4 Å². The van der Waals surface area contributed by atoms with Crippen molar-refractivity contribution in [3.8, 4) is 0 Å². The normalized spacial score (nSPS) is 11.4. The van der Waals surface area contributed by atoms with Gasteiger partial charge in [0.15, 0.2) is 0 Å². The highest BCUT2D eigenvalue weighted by Gasteiger charge is 2.01. The molecule has 0 fully saturated rings. The van der Waals surface area contributed by atoms with Crippen LogP contribution in [0.25, 0.3) is 23.1 Å². The lowest BCUT2D eigenvalue weighted by molar-refractivity contribution is 0.767. The molecule has 0 unspecified atom stereocenters. The SMILES string of the molecule is Cn1cc(/C=C/c2nc3cnccc3c(=O)[nH]2)cn1. The summed E-state index contributed by atoms with van der Waals surface area (Å²) in [5.74, 6) is 0.495. The molecule has 3 aromatic rings. The zero-order chi connectivity index (χ0) is 13.2. The lowest BCUT2D eigenvalue weighted by Gasteiger charge is -1.97. The molecule has 0 aliphatic carbocycles. The van der Waals surface area contributed by atoms with Crippen molar-refractivity contribution in [2.75, 3.05) is 0 Å². The van der Waals surface area contributed by atoms with E-state index in [1.165, 1.54) is 0 Å². The molecule has 3 heterocycles. The monoisotopic (exact) mass is 253 g/mol. The van der Waals surface area contributed by atoms with Gasteiger partial charge in [-0.3, -0.25) is 14.5 Å². The number of aryl methyl sites for hydroxylation is 1. The summed E-state index contributed by atoms with van der Waals surface area (Å²) in [5, 5.41) is 4.60. The fourth-order valence-corrected chi connectivity index (χ4v) is 1.79. The molecule has 0 amide bonds. The Morgan fingerprint density at radius 2 is 2.21 bits per heavy atom. The average Bonchev–Trinajstić information content (AvgIpc) is 2.82. The van der Waals surface area contributed by atoms with Crippen molar-refractivity contribution in [1.82, 2.24) is 24.7 Å². The molecule has 0 aliphatic heterocycles. The first-order chi connectivity index (χ1) is 9.22. The van der Waals surface area contributed by atoms with Gasteiger partial charge in [-0.1, -0.05) is 0 Å². The van der Waals surface area contributed by atoms with E-state index in [4.69, 9.17) is 0 Å². The van der Waals surface area contributed by atoms with Gasteiger partial charge in [0.1, 0.15) is 5.82 Å². The number of aromatic amines is 1. The summed E-state index contributed by atoms with van der Waals surface area (Å²) < 4.78 is 1.71. The third-order valence-electron chi connectivity index (χ3n) is 2.69. The average molecular weight is 253 g/mol. The molecular weight excluding hydrogens is 242 g/mol. The zero-order valence-corrected chi connectivity index (χ0v) is 10.2. The molecule has 0 aromatic carbocycles. The highest BCUT2D eigenvalue weighted by Crippen LogP contribution is 2.06. The number of aromatic nitrogens is 5. The lowest BCUT2D eigenvalue weighted by atomic mass is 10.3. The molecule has 1 N–H and O–H groups in total. The highest BCUT2D eigenvalue weighted by atomic mass is 16.1. The Labute approximate surface area is 108 Å². The molecule has 19 heavy (non-hydrogen) atoms. The summed E-state index contributed by atoms with van der Waals surface area (Å²) in [6.07, 6.45) is 10.3. The predicted molar refractivity (Wildman–Crippen MR) is 72.3 cm³/mol. The van der Waals surface area contributed by atoms with Crippen molar-refractivity contribution in [2.45, 2.75) is 0 Å². The van der Waals surface area contributed by atoms with Gasteiger partial charge in [-0.05, 0) is 18.2 Å². The number of nitrogens with zero attached hydrogens (tertiary/aromatic N) is 4. The minimum Gasteiger partial charge on any atom is -0.306 e. The lowest BCUT2D eigenvalue weighted by Crippen LogP contribution is -2.09. The topological polar surface area (TPSA) is 76.5 Å². The molecule has 0 radical (unpaired) electrons. The van der Waals surface area contributed by atoms with Gasteiger partial charge in [-0.25, -0.2) is 4.98 Å². The number of rotatable bonds is 2. The second-order valence-corrected chi connectivity index (χ2v) is 4.12. The maximum atomic E-state index is 11.8. The van der Waals surface area contributed by atoms with Crippen LogP contribution in [0.2, 0.25) is 0 Å². The first-order valence-electron chi connectivity index (χ1n) is 5.73. The quantitative estimate of drug-likeness (QED) is 0.745. The van der Waals surface area contributed by atoms with Crippen molar-refractivity contribution in [2.24, 2.45) is 7.05 Å². The van der Waals surface area contributed by atoms with Crippen LogP contribution in [0.4, 0.5) is 0 Å². The maximum Gasteiger partial charge on any atom is 0.259 e. The Morgan fingerprint density at radius 1 is 1.32 bits per heavy atom. The Morgan fingerprint density at radius 3 is 3.00 bits per heavy atom. The molecule has 6 heteroatoms. The van der Waals surface area contributed by atoms with Crippen molar-refractivity contribution < 1.29 is 0 Å². The molecule has 0 aliphatic rings. The standard InChI is InChI=1S/C13H11N5O/c1-18-8-9(6-15-18)2-3-12-16-11-7-14-5-4-10(11)13(19)17-12/h2-8H,1H3,(H,16,17,19)/b3-2+. The van der Waals surface area contributed by atoms with E-state index in [0.717, 1.165) is 5.56 Å². The van der Waals surface area contributed by atoms with Crippen molar-refractivity contribution in [1.29, 1.82) is 0 Å². The largest absolute Gasteiger partial charge is 0.306 e. The van der Waals surface area contributed by atoms with E-state index in [1.807, 2.05) is 19.3 Å². The smallest absolute Gasteiger partial charge is 0.259 e. The van der Waals surface area contributed by atoms with Crippen LogP contribution in [0.5, 0.6) is 0 Å².